The van der Waals surface area contributed by atoms with Gasteiger partial charge in [-0.1, -0.05) is 12.8 Å². The Balaban J connectivity index is 2.14. The number of methoxy groups -OCH3 is 1. The van der Waals surface area contributed by atoms with Gasteiger partial charge in [-0.25, -0.2) is 4.39 Å². The van der Waals surface area contributed by atoms with Crippen molar-refractivity contribution >= 4 is 5.69 Å². The summed E-state index contributed by atoms with van der Waals surface area (Å²) in [6.07, 6.45) is 3.97. The molecule has 4 heteroatoms. The molecule has 18 heavy (non-hydrogen) atoms. The predicted octanol–water partition coefficient (Wildman–Crippen LogP) is 3.33. The quantitative estimate of drug-likeness (QED) is 0.892. The zero-order chi connectivity index (χ0) is 13.0. The lowest BCUT2D eigenvalue weighted by molar-refractivity contribution is 0.386. The van der Waals surface area contributed by atoms with E-state index in [0.717, 1.165) is 25.7 Å². The fraction of sp³-hybridized carbons (Fsp3) is 0.500. The summed E-state index contributed by atoms with van der Waals surface area (Å²) in [6.45, 7) is 0. The predicted molar refractivity (Wildman–Crippen MR) is 67.9 cm³/mol. The van der Waals surface area contributed by atoms with Gasteiger partial charge < -0.3 is 10.1 Å². The van der Waals surface area contributed by atoms with Crippen molar-refractivity contribution < 1.29 is 9.13 Å². The third-order valence-electron chi connectivity index (χ3n) is 3.45. The first kappa shape index (κ1) is 12.7. The third-order valence-corrected chi connectivity index (χ3v) is 3.45. The highest BCUT2D eigenvalue weighted by Gasteiger charge is 2.25. The fourth-order valence-corrected chi connectivity index (χ4v) is 2.40. The van der Waals surface area contributed by atoms with Gasteiger partial charge in [0.1, 0.15) is 11.6 Å². The minimum Gasteiger partial charge on any atom is -0.497 e. The van der Waals surface area contributed by atoms with Crippen molar-refractivity contribution in [3.8, 4) is 11.8 Å². The molecule has 3 nitrogen and oxygen atoms in total. The molecule has 0 aliphatic heterocycles. The van der Waals surface area contributed by atoms with Crippen molar-refractivity contribution in [2.24, 2.45) is 5.92 Å². The van der Waals surface area contributed by atoms with E-state index in [4.69, 9.17) is 10.00 Å². The van der Waals surface area contributed by atoms with Gasteiger partial charge in [-0.2, -0.15) is 5.26 Å². The first-order valence-corrected chi connectivity index (χ1v) is 6.24. The summed E-state index contributed by atoms with van der Waals surface area (Å²) in [5.74, 6) is 0.269. The normalized spacial score (nSPS) is 23.2. The molecule has 96 valence electrons. The Morgan fingerprint density at radius 2 is 2.17 bits per heavy atom. The number of ether oxygens (including phenoxy) is 1. The van der Waals surface area contributed by atoms with Crippen molar-refractivity contribution in [1.29, 1.82) is 5.26 Å². The number of nitrogens with one attached hydrogen (secondary N) is 1. The molecule has 0 heterocycles. The highest BCUT2D eigenvalue weighted by molar-refractivity contribution is 5.50. The second kappa shape index (κ2) is 5.72. The number of halogens is 1. The molecule has 2 rings (SSSR count). The van der Waals surface area contributed by atoms with Crippen LogP contribution in [0.25, 0.3) is 0 Å². The molecule has 2 unspecified atom stereocenters. The highest BCUT2D eigenvalue weighted by Crippen LogP contribution is 2.29. The Hall–Kier alpha value is -1.76. The first-order chi connectivity index (χ1) is 8.74. The minimum absolute atomic E-state index is 0.0327. The number of benzene rings is 1. The van der Waals surface area contributed by atoms with E-state index in [1.807, 2.05) is 0 Å². The Bertz CT molecular complexity index is 456. The van der Waals surface area contributed by atoms with Crippen molar-refractivity contribution in [1.82, 2.24) is 0 Å². The average Bonchev–Trinajstić information content (AvgIpc) is 2.42. The van der Waals surface area contributed by atoms with Crippen LogP contribution >= 0.6 is 0 Å². The van der Waals surface area contributed by atoms with Gasteiger partial charge in [-0.3, -0.25) is 0 Å². The van der Waals surface area contributed by atoms with Crippen LogP contribution in [0, 0.1) is 23.1 Å². The summed E-state index contributed by atoms with van der Waals surface area (Å²) in [5, 5.41) is 12.2. The fourth-order valence-electron chi connectivity index (χ4n) is 2.40. The van der Waals surface area contributed by atoms with E-state index in [1.54, 1.807) is 19.2 Å². The van der Waals surface area contributed by atoms with Crippen LogP contribution in [0.4, 0.5) is 10.1 Å². The highest BCUT2D eigenvalue weighted by atomic mass is 19.1. The third kappa shape index (κ3) is 2.73. The Morgan fingerprint density at radius 1 is 1.39 bits per heavy atom. The Morgan fingerprint density at radius 3 is 2.89 bits per heavy atom. The van der Waals surface area contributed by atoms with E-state index in [0.29, 0.717) is 11.4 Å². The van der Waals surface area contributed by atoms with Gasteiger partial charge in [-0.05, 0) is 25.0 Å². The summed E-state index contributed by atoms with van der Waals surface area (Å²) in [4.78, 5) is 0. The lowest BCUT2D eigenvalue weighted by Gasteiger charge is -2.28. The molecule has 0 aromatic heterocycles. The molecule has 0 spiro atoms. The number of nitriles is 1. The summed E-state index contributed by atoms with van der Waals surface area (Å²) in [5.41, 5.74) is 0.418. The molecule has 1 N–H and O–H groups in total. The maximum Gasteiger partial charge on any atom is 0.146 e. The van der Waals surface area contributed by atoms with Crippen LogP contribution in [0.3, 0.4) is 0 Å². The second-order valence-electron chi connectivity index (χ2n) is 4.62. The van der Waals surface area contributed by atoms with E-state index < -0.39 is 0 Å². The molecule has 1 aromatic rings. The standard InChI is InChI=1S/C14H17FN2O/c1-18-11-6-7-12(15)14(8-11)17-13-5-3-2-4-10(13)9-16/h6-8,10,13,17H,2-5H2,1H3. The molecule has 0 bridgehead atoms. The lowest BCUT2D eigenvalue weighted by Crippen LogP contribution is -2.31. The molecule has 1 fully saturated rings. The van der Waals surface area contributed by atoms with E-state index in [1.165, 1.54) is 6.07 Å². The molecular formula is C14H17FN2O. The maximum absolute atomic E-state index is 13.7. The van der Waals surface area contributed by atoms with Crippen LogP contribution < -0.4 is 10.1 Å². The van der Waals surface area contributed by atoms with Crippen LogP contribution in [0.2, 0.25) is 0 Å². The molecule has 0 saturated heterocycles. The van der Waals surface area contributed by atoms with Gasteiger partial charge in [0.2, 0.25) is 0 Å². The van der Waals surface area contributed by atoms with Crippen molar-refractivity contribution in [2.75, 3.05) is 12.4 Å². The summed E-state index contributed by atoms with van der Waals surface area (Å²) < 4.78 is 18.8. The summed E-state index contributed by atoms with van der Waals surface area (Å²) >= 11 is 0. The van der Waals surface area contributed by atoms with Gasteiger partial charge in [0, 0.05) is 12.1 Å². The van der Waals surface area contributed by atoms with Crippen LogP contribution in [0.1, 0.15) is 25.7 Å². The SMILES string of the molecule is COc1ccc(F)c(NC2CCCCC2C#N)c1. The van der Waals surface area contributed by atoms with Crippen LogP contribution in [-0.4, -0.2) is 13.2 Å². The van der Waals surface area contributed by atoms with Crippen LogP contribution in [0.5, 0.6) is 5.75 Å². The minimum atomic E-state index is -0.307. The molecule has 0 amide bonds. The first-order valence-electron chi connectivity index (χ1n) is 6.24. The molecule has 0 radical (unpaired) electrons. The Labute approximate surface area is 107 Å². The van der Waals surface area contributed by atoms with Gasteiger partial charge in [0.25, 0.3) is 0 Å². The number of nitrogens with zero attached hydrogens (tertiary/aromatic N) is 1. The smallest absolute Gasteiger partial charge is 0.146 e. The second-order valence-corrected chi connectivity index (χ2v) is 4.62. The number of hydrogen-bond acceptors (Lipinski definition) is 3. The monoisotopic (exact) mass is 248 g/mol. The van der Waals surface area contributed by atoms with Crippen LogP contribution in [-0.2, 0) is 0 Å². The lowest BCUT2D eigenvalue weighted by atomic mass is 9.85. The summed E-state index contributed by atoms with van der Waals surface area (Å²) in [6, 6.07) is 6.94. The molecule has 1 aliphatic rings. The Kier molecular flexibility index (Phi) is 4.03. The number of hydrogen-bond donors (Lipinski definition) is 1. The maximum atomic E-state index is 13.7. The summed E-state index contributed by atoms with van der Waals surface area (Å²) in [7, 11) is 1.55. The molecule has 1 aromatic carbocycles. The molecule has 1 aliphatic carbocycles. The van der Waals surface area contributed by atoms with E-state index in [-0.39, 0.29) is 17.8 Å². The van der Waals surface area contributed by atoms with Crippen molar-refractivity contribution in [3.05, 3.63) is 24.0 Å². The van der Waals surface area contributed by atoms with Gasteiger partial charge in [0.15, 0.2) is 0 Å². The molecule has 2 atom stereocenters. The number of rotatable bonds is 3. The van der Waals surface area contributed by atoms with Crippen LogP contribution in [0.15, 0.2) is 18.2 Å². The topological polar surface area (TPSA) is 45.0 Å². The molecular weight excluding hydrogens is 231 g/mol. The average molecular weight is 248 g/mol. The van der Waals surface area contributed by atoms with E-state index in [9.17, 15) is 4.39 Å². The van der Waals surface area contributed by atoms with Gasteiger partial charge in [-0.15, -0.1) is 0 Å². The van der Waals surface area contributed by atoms with Gasteiger partial charge in [0.05, 0.1) is 24.8 Å². The number of anilines is 1. The van der Waals surface area contributed by atoms with E-state index >= 15 is 0 Å². The zero-order valence-corrected chi connectivity index (χ0v) is 10.4. The zero-order valence-electron chi connectivity index (χ0n) is 10.4. The van der Waals surface area contributed by atoms with E-state index in [2.05, 4.69) is 11.4 Å². The van der Waals surface area contributed by atoms with Gasteiger partial charge >= 0.3 is 0 Å². The van der Waals surface area contributed by atoms with Crippen molar-refractivity contribution in [3.63, 3.8) is 0 Å². The molecule has 1 saturated carbocycles. The largest absolute Gasteiger partial charge is 0.497 e. The van der Waals surface area contributed by atoms with Crippen molar-refractivity contribution in [2.45, 2.75) is 31.7 Å².